The third-order valence-electron chi connectivity index (χ3n) is 4.37. The first-order valence-corrected chi connectivity index (χ1v) is 8.55. The summed E-state index contributed by atoms with van der Waals surface area (Å²) < 4.78 is 7.78. The molecule has 130 valence electrons. The van der Waals surface area contributed by atoms with Crippen LogP contribution in [0.5, 0.6) is 5.75 Å². The van der Waals surface area contributed by atoms with E-state index in [-0.39, 0.29) is 0 Å². The Hall–Kier alpha value is -2.66. The molecule has 1 N–H and O–H groups in total. The standard InChI is InChI=1S/C20H24N4O/c1-16(17(2)24-13-3-10-23-24)22-14-18-4-6-20(7-5-18)25-15-19-8-11-21-12-9-19/h3-13,16-17,22H,14-15H2,1-2H3. The number of hydrogen-bond donors (Lipinski definition) is 1. The molecule has 0 amide bonds. The van der Waals surface area contributed by atoms with Gasteiger partial charge in [-0.05, 0) is 55.3 Å². The van der Waals surface area contributed by atoms with Crippen LogP contribution in [0.2, 0.25) is 0 Å². The van der Waals surface area contributed by atoms with E-state index in [1.54, 1.807) is 12.4 Å². The number of pyridine rings is 1. The summed E-state index contributed by atoms with van der Waals surface area (Å²) in [6.45, 7) is 5.72. The summed E-state index contributed by atoms with van der Waals surface area (Å²) >= 11 is 0. The summed E-state index contributed by atoms with van der Waals surface area (Å²) in [5.41, 5.74) is 2.35. The molecule has 0 spiro atoms. The third-order valence-corrected chi connectivity index (χ3v) is 4.37. The van der Waals surface area contributed by atoms with Gasteiger partial charge in [-0.15, -0.1) is 0 Å². The topological polar surface area (TPSA) is 52.0 Å². The zero-order chi connectivity index (χ0) is 17.5. The van der Waals surface area contributed by atoms with Crippen molar-refractivity contribution < 1.29 is 4.74 Å². The molecular weight excluding hydrogens is 312 g/mol. The molecule has 0 aliphatic heterocycles. The normalized spacial score (nSPS) is 13.4. The van der Waals surface area contributed by atoms with Crippen LogP contribution in [0.15, 0.2) is 67.3 Å². The molecule has 0 bridgehead atoms. The van der Waals surface area contributed by atoms with Crippen LogP contribution >= 0.6 is 0 Å². The first kappa shape index (κ1) is 17.2. The second kappa shape index (κ2) is 8.44. The van der Waals surface area contributed by atoms with Crippen molar-refractivity contribution in [2.75, 3.05) is 0 Å². The van der Waals surface area contributed by atoms with Crippen molar-refractivity contribution in [2.24, 2.45) is 0 Å². The first-order chi connectivity index (χ1) is 12.2. The monoisotopic (exact) mass is 336 g/mol. The highest BCUT2D eigenvalue weighted by atomic mass is 16.5. The number of ether oxygens (including phenoxy) is 1. The second-order valence-corrected chi connectivity index (χ2v) is 6.18. The van der Waals surface area contributed by atoms with Crippen molar-refractivity contribution in [1.82, 2.24) is 20.1 Å². The van der Waals surface area contributed by atoms with Crippen LogP contribution in [-0.4, -0.2) is 20.8 Å². The van der Waals surface area contributed by atoms with E-state index in [2.05, 4.69) is 41.4 Å². The summed E-state index contributed by atoms with van der Waals surface area (Å²) in [4.78, 5) is 4.01. The molecule has 5 heteroatoms. The Kier molecular flexibility index (Phi) is 5.80. The van der Waals surface area contributed by atoms with Crippen LogP contribution in [0.25, 0.3) is 0 Å². The molecule has 0 radical (unpaired) electrons. The molecule has 0 saturated heterocycles. The predicted molar refractivity (Wildman–Crippen MR) is 98.3 cm³/mol. The average molecular weight is 336 g/mol. The zero-order valence-electron chi connectivity index (χ0n) is 14.7. The van der Waals surface area contributed by atoms with Gasteiger partial charge in [0.2, 0.25) is 0 Å². The fourth-order valence-electron chi connectivity index (χ4n) is 2.55. The van der Waals surface area contributed by atoms with E-state index >= 15 is 0 Å². The highest BCUT2D eigenvalue weighted by molar-refractivity contribution is 5.27. The third kappa shape index (κ3) is 4.90. The summed E-state index contributed by atoms with van der Waals surface area (Å²) in [5, 5.41) is 7.86. The smallest absolute Gasteiger partial charge is 0.119 e. The van der Waals surface area contributed by atoms with Crippen LogP contribution in [0, 0.1) is 0 Å². The quantitative estimate of drug-likeness (QED) is 0.683. The lowest BCUT2D eigenvalue weighted by atomic mass is 10.1. The Morgan fingerprint density at radius 1 is 1.00 bits per heavy atom. The minimum atomic E-state index is 0.304. The van der Waals surface area contributed by atoms with Crippen LogP contribution in [-0.2, 0) is 13.2 Å². The SMILES string of the molecule is CC(NCc1ccc(OCc2ccncc2)cc1)C(C)n1cccn1. The van der Waals surface area contributed by atoms with Crippen molar-refractivity contribution in [2.45, 2.75) is 39.1 Å². The number of nitrogens with one attached hydrogen (secondary N) is 1. The maximum absolute atomic E-state index is 5.80. The van der Waals surface area contributed by atoms with Gasteiger partial charge in [0.25, 0.3) is 0 Å². The van der Waals surface area contributed by atoms with Crippen LogP contribution in [0.3, 0.4) is 0 Å². The molecular formula is C20H24N4O. The summed E-state index contributed by atoms with van der Waals surface area (Å²) in [6.07, 6.45) is 7.36. The molecule has 2 atom stereocenters. The van der Waals surface area contributed by atoms with Crippen LogP contribution < -0.4 is 10.1 Å². The summed E-state index contributed by atoms with van der Waals surface area (Å²) in [6, 6.07) is 14.7. The van der Waals surface area contributed by atoms with Crippen molar-refractivity contribution in [3.8, 4) is 5.75 Å². The highest BCUT2D eigenvalue weighted by Gasteiger charge is 2.13. The number of aromatic nitrogens is 3. The van der Waals surface area contributed by atoms with Gasteiger partial charge in [-0.2, -0.15) is 5.10 Å². The van der Waals surface area contributed by atoms with E-state index in [0.717, 1.165) is 17.9 Å². The molecule has 25 heavy (non-hydrogen) atoms. The minimum absolute atomic E-state index is 0.304. The van der Waals surface area contributed by atoms with Crippen molar-refractivity contribution >= 4 is 0 Å². The van der Waals surface area contributed by atoms with Crippen molar-refractivity contribution in [3.63, 3.8) is 0 Å². The van der Waals surface area contributed by atoms with Crippen LogP contribution in [0.1, 0.15) is 31.0 Å². The largest absolute Gasteiger partial charge is 0.489 e. The van der Waals surface area contributed by atoms with E-state index in [4.69, 9.17) is 4.74 Å². The molecule has 0 fully saturated rings. The Labute approximate surface area is 148 Å². The molecule has 0 aliphatic carbocycles. The Morgan fingerprint density at radius 2 is 1.76 bits per heavy atom. The van der Waals surface area contributed by atoms with E-state index < -0.39 is 0 Å². The lowest BCUT2D eigenvalue weighted by Crippen LogP contribution is -2.33. The highest BCUT2D eigenvalue weighted by Crippen LogP contribution is 2.15. The number of nitrogens with zero attached hydrogens (tertiary/aromatic N) is 3. The zero-order valence-corrected chi connectivity index (χ0v) is 14.7. The summed E-state index contributed by atoms with van der Waals surface area (Å²) in [5.74, 6) is 0.874. The van der Waals surface area contributed by atoms with Gasteiger partial charge in [0.15, 0.2) is 0 Å². The van der Waals surface area contributed by atoms with Gasteiger partial charge in [-0.1, -0.05) is 12.1 Å². The van der Waals surface area contributed by atoms with Gasteiger partial charge in [0.1, 0.15) is 12.4 Å². The minimum Gasteiger partial charge on any atom is -0.489 e. The van der Waals surface area contributed by atoms with E-state index in [1.807, 2.05) is 47.4 Å². The van der Waals surface area contributed by atoms with E-state index in [9.17, 15) is 0 Å². The molecule has 0 saturated carbocycles. The van der Waals surface area contributed by atoms with E-state index in [0.29, 0.717) is 18.7 Å². The Morgan fingerprint density at radius 3 is 2.44 bits per heavy atom. The van der Waals surface area contributed by atoms with Crippen molar-refractivity contribution in [1.29, 1.82) is 0 Å². The van der Waals surface area contributed by atoms with Gasteiger partial charge in [0, 0.05) is 37.4 Å². The van der Waals surface area contributed by atoms with Gasteiger partial charge in [0.05, 0.1) is 6.04 Å². The van der Waals surface area contributed by atoms with Crippen LogP contribution in [0.4, 0.5) is 0 Å². The molecule has 2 unspecified atom stereocenters. The van der Waals surface area contributed by atoms with Gasteiger partial charge < -0.3 is 10.1 Å². The molecule has 3 rings (SSSR count). The Bertz CT molecular complexity index is 741. The second-order valence-electron chi connectivity index (χ2n) is 6.18. The van der Waals surface area contributed by atoms with Crippen molar-refractivity contribution in [3.05, 3.63) is 78.4 Å². The maximum atomic E-state index is 5.80. The fraction of sp³-hybridized carbons (Fsp3) is 0.300. The van der Waals surface area contributed by atoms with E-state index in [1.165, 1.54) is 5.56 Å². The lowest BCUT2D eigenvalue weighted by Gasteiger charge is -2.22. The molecule has 3 aromatic rings. The molecule has 2 heterocycles. The first-order valence-electron chi connectivity index (χ1n) is 8.55. The van der Waals surface area contributed by atoms with Gasteiger partial charge >= 0.3 is 0 Å². The molecule has 0 aliphatic rings. The van der Waals surface area contributed by atoms with Gasteiger partial charge in [-0.25, -0.2) is 0 Å². The van der Waals surface area contributed by atoms with Gasteiger partial charge in [-0.3, -0.25) is 9.67 Å². The predicted octanol–water partition coefficient (Wildman–Crippen LogP) is 3.60. The summed E-state index contributed by atoms with van der Waals surface area (Å²) in [7, 11) is 0. The number of benzene rings is 1. The number of rotatable bonds is 8. The molecule has 1 aromatic carbocycles. The lowest BCUT2D eigenvalue weighted by molar-refractivity contribution is 0.306. The molecule has 5 nitrogen and oxygen atoms in total. The Balaban J connectivity index is 1.47. The molecule has 2 aromatic heterocycles. The number of hydrogen-bond acceptors (Lipinski definition) is 4. The average Bonchev–Trinajstić information content (AvgIpc) is 3.20. The fourth-order valence-corrected chi connectivity index (χ4v) is 2.55. The maximum Gasteiger partial charge on any atom is 0.119 e.